The molecular weight excluding hydrogens is 488 g/mol. The van der Waals surface area contributed by atoms with Gasteiger partial charge in [-0.3, -0.25) is 5.01 Å². The maximum atomic E-state index is 13.6. The third-order valence-electron chi connectivity index (χ3n) is 8.27. The number of benzene rings is 4. The molecule has 1 amide bonds. The first-order valence-corrected chi connectivity index (χ1v) is 13.5. The second kappa shape index (κ2) is 9.31. The van der Waals surface area contributed by atoms with Gasteiger partial charge in [0.1, 0.15) is 12.6 Å². The van der Waals surface area contributed by atoms with Gasteiger partial charge in [-0.25, -0.2) is 14.6 Å². The number of ether oxygens (including phenoxy) is 1. The lowest BCUT2D eigenvalue weighted by molar-refractivity contribution is -0.140. The number of nitrogens with zero attached hydrogens (tertiary/aromatic N) is 2. The molecule has 1 N–H and O–H groups in total. The summed E-state index contributed by atoms with van der Waals surface area (Å²) >= 11 is 0. The van der Waals surface area contributed by atoms with E-state index in [9.17, 15) is 14.7 Å². The smallest absolute Gasteiger partial charge is 0.429 e. The lowest BCUT2D eigenvalue weighted by Gasteiger charge is -2.43. The van der Waals surface area contributed by atoms with Gasteiger partial charge in [0.15, 0.2) is 0 Å². The minimum absolute atomic E-state index is 0.135. The Kier molecular flexibility index (Phi) is 5.62. The molecule has 0 aromatic heterocycles. The molecule has 7 rings (SSSR count). The summed E-state index contributed by atoms with van der Waals surface area (Å²) in [6.45, 7) is 0.536. The molecule has 0 bridgehead atoms. The van der Waals surface area contributed by atoms with Crippen molar-refractivity contribution >= 4 is 17.7 Å². The quantitative estimate of drug-likeness (QED) is 0.292. The van der Waals surface area contributed by atoms with Crippen LogP contribution in [0.1, 0.15) is 40.7 Å². The number of anilines is 1. The number of carbonyl (C=O) groups excluding carboxylic acids is 1. The molecular formula is C33H28N2O4. The molecule has 4 aromatic carbocycles. The van der Waals surface area contributed by atoms with Crippen LogP contribution in [0.5, 0.6) is 0 Å². The van der Waals surface area contributed by atoms with Gasteiger partial charge >= 0.3 is 12.1 Å². The molecule has 1 aliphatic heterocycles. The van der Waals surface area contributed by atoms with Gasteiger partial charge in [0.2, 0.25) is 0 Å². The highest BCUT2D eigenvalue weighted by Gasteiger charge is 2.39. The van der Waals surface area contributed by atoms with E-state index in [0.29, 0.717) is 25.8 Å². The minimum Gasteiger partial charge on any atom is -0.480 e. The average molecular weight is 517 g/mol. The zero-order chi connectivity index (χ0) is 26.5. The number of fused-ring (bicyclic) bond motifs is 6. The fourth-order valence-electron chi connectivity index (χ4n) is 6.47. The van der Waals surface area contributed by atoms with E-state index in [1.54, 1.807) is 5.01 Å². The van der Waals surface area contributed by atoms with E-state index in [1.807, 2.05) is 48.5 Å². The highest BCUT2D eigenvalue weighted by atomic mass is 16.6. The first kappa shape index (κ1) is 23.5. The molecule has 1 atom stereocenters. The molecule has 0 radical (unpaired) electrons. The molecule has 1 unspecified atom stereocenters. The Morgan fingerprint density at radius 1 is 0.769 bits per heavy atom. The van der Waals surface area contributed by atoms with Crippen molar-refractivity contribution in [1.29, 1.82) is 0 Å². The molecule has 1 heterocycles. The number of hydrazine groups is 1. The van der Waals surface area contributed by atoms with E-state index in [-0.39, 0.29) is 6.61 Å². The Hall–Kier alpha value is -4.58. The Bertz CT molecular complexity index is 1630. The van der Waals surface area contributed by atoms with Crippen molar-refractivity contribution < 1.29 is 19.4 Å². The predicted octanol–water partition coefficient (Wildman–Crippen LogP) is 6.44. The molecule has 3 aliphatic rings. The van der Waals surface area contributed by atoms with Crippen LogP contribution in [-0.2, 0) is 29.0 Å². The van der Waals surface area contributed by atoms with Crippen LogP contribution in [0.15, 0.2) is 84.9 Å². The van der Waals surface area contributed by atoms with E-state index in [4.69, 9.17) is 4.74 Å². The van der Waals surface area contributed by atoms with Gasteiger partial charge in [-0.05, 0) is 75.4 Å². The minimum atomic E-state index is -0.945. The molecule has 194 valence electrons. The highest BCUT2D eigenvalue weighted by Crippen LogP contribution is 2.43. The monoisotopic (exact) mass is 516 g/mol. The Morgan fingerprint density at radius 3 is 2.10 bits per heavy atom. The maximum absolute atomic E-state index is 13.6. The number of rotatable bonds is 4. The van der Waals surface area contributed by atoms with E-state index >= 15 is 0 Å². The summed E-state index contributed by atoms with van der Waals surface area (Å²) < 4.78 is 5.91. The van der Waals surface area contributed by atoms with Crippen LogP contribution in [0.2, 0.25) is 0 Å². The van der Waals surface area contributed by atoms with Crippen molar-refractivity contribution in [2.45, 2.75) is 38.3 Å². The van der Waals surface area contributed by atoms with Crippen molar-refractivity contribution in [1.82, 2.24) is 5.01 Å². The number of carbonyl (C=O) groups is 2. The zero-order valence-corrected chi connectivity index (χ0v) is 21.5. The van der Waals surface area contributed by atoms with Crippen LogP contribution >= 0.6 is 0 Å². The van der Waals surface area contributed by atoms with Crippen LogP contribution in [0.3, 0.4) is 0 Å². The Balaban J connectivity index is 1.19. The van der Waals surface area contributed by atoms with Gasteiger partial charge in [0.05, 0.1) is 5.69 Å². The van der Waals surface area contributed by atoms with Gasteiger partial charge in [0.25, 0.3) is 0 Å². The summed E-state index contributed by atoms with van der Waals surface area (Å²) in [7, 11) is 0. The van der Waals surface area contributed by atoms with Crippen molar-refractivity contribution in [2.24, 2.45) is 0 Å². The molecule has 2 aliphatic carbocycles. The number of carboxylic acid groups (broad SMARTS) is 1. The molecule has 6 heteroatoms. The largest absolute Gasteiger partial charge is 0.480 e. The third kappa shape index (κ3) is 3.86. The average Bonchev–Trinajstić information content (AvgIpc) is 3.54. The standard InChI is InChI=1S/C33H28N2O4/c36-32(37)31-16-7-17-34(35(31)30-15-6-14-27-25-12-4-2-9-22(25)19-29(27)30)33(38)39-20-23-10-5-13-26-24-11-3-1-8-21(24)18-28(23)26/h1-6,8-15,31H,7,16-20H2,(H,36,37). The normalized spacial score (nSPS) is 16.8. The first-order chi connectivity index (χ1) is 19.1. The number of hydrogen-bond acceptors (Lipinski definition) is 4. The first-order valence-electron chi connectivity index (χ1n) is 13.5. The molecule has 0 saturated carbocycles. The van der Waals surface area contributed by atoms with Gasteiger partial charge in [-0.1, -0.05) is 78.9 Å². The third-order valence-corrected chi connectivity index (χ3v) is 8.27. The predicted molar refractivity (Wildman–Crippen MR) is 149 cm³/mol. The maximum Gasteiger partial charge on any atom is 0.429 e. The van der Waals surface area contributed by atoms with Crippen LogP contribution in [0.25, 0.3) is 22.3 Å². The number of aliphatic carboxylic acids is 1. The SMILES string of the molecule is O=C(O)C1CCCN(C(=O)OCc2cccc3c2Cc2ccccc2-3)N1c1cccc2c1Cc1ccccc1-2. The summed E-state index contributed by atoms with van der Waals surface area (Å²) in [6, 6.07) is 27.8. The lowest BCUT2D eigenvalue weighted by Crippen LogP contribution is -2.58. The van der Waals surface area contributed by atoms with E-state index < -0.39 is 18.1 Å². The molecule has 1 fully saturated rings. The van der Waals surface area contributed by atoms with Crippen molar-refractivity contribution in [2.75, 3.05) is 11.6 Å². The number of amides is 1. The Morgan fingerprint density at radius 2 is 1.38 bits per heavy atom. The van der Waals surface area contributed by atoms with Crippen molar-refractivity contribution in [3.63, 3.8) is 0 Å². The van der Waals surface area contributed by atoms with Gasteiger partial charge in [0, 0.05) is 13.0 Å². The summed E-state index contributed by atoms with van der Waals surface area (Å²) in [5, 5.41) is 13.3. The van der Waals surface area contributed by atoms with Crippen LogP contribution in [-0.4, -0.2) is 34.8 Å². The topological polar surface area (TPSA) is 70.1 Å². The molecule has 1 saturated heterocycles. The van der Waals surface area contributed by atoms with Crippen LogP contribution in [0, 0.1) is 0 Å². The van der Waals surface area contributed by atoms with E-state index in [1.165, 1.54) is 32.8 Å². The second-order valence-electron chi connectivity index (χ2n) is 10.4. The van der Waals surface area contributed by atoms with Crippen LogP contribution < -0.4 is 5.01 Å². The van der Waals surface area contributed by atoms with Gasteiger partial charge in [-0.15, -0.1) is 0 Å². The van der Waals surface area contributed by atoms with Crippen molar-refractivity contribution in [3.05, 3.63) is 113 Å². The highest BCUT2D eigenvalue weighted by molar-refractivity contribution is 5.87. The fourth-order valence-corrected chi connectivity index (χ4v) is 6.47. The summed E-state index contributed by atoms with van der Waals surface area (Å²) in [5.74, 6) is -0.945. The summed E-state index contributed by atoms with van der Waals surface area (Å²) in [6.07, 6.45) is 2.03. The molecule has 6 nitrogen and oxygen atoms in total. The molecule has 39 heavy (non-hydrogen) atoms. The second-order valence-corrected chi connectivity index (χ2v) is 10.4. The van der Waals surface area contributed by atoms with Gasteiger partial charge in [-0.2, -0.15) is 0 Å². The lowest BCUT2D eigenvalue weighted by atomic mass is 10.0. The summed E-state index contributed by atoms with van der Waals surface area (Å²) in [5.41, 5.74) is 11.1. The number of carboxylic acids is 1. The van der Waals surface area contributed by atoms with E-state index in [0.717, 1.165) is 34.4 Å². The van der Waals surface area contributed by atoms with Crippen LogP contribution in [0.4, 0.5) is 10.5 Å². The Labute approximate surface area is 227 Å². The van der Waals surface area contributed by atoms with E-state index in [2.05, 4.69) is 36.4 Å². The fraction of sp³-hybridized carbons (Fsp3) is 0.212. The molecule has 4 aromatic rings. The zero-order valence-electron chi connectivity index (χ0n) is 21.5. The van der Waals surface area contributed by atoms with Gasteiger partial charge < -0.3 is 9.84 Å². The number of hydrogen-bond donors (Lipinski definition) is 1. The summed E-state index contributed by atoms with van der Waals surface area (Å²) in [4.78, 5) is 26.0. The molecule has 0 spiro atoms. The van der Waals surface area contributed by atoms with Crippen molar-refractivity contribution in [3.8, 4) is 22.3 Å².